The van der Waals surface area contributed by atoms with E-state index in [4.69, 9.17) is 0 Å². The van der Waals surface area contributed by atoms with Crippen LogP contribution in [0.1, 0.15) is 17.5 Å². The molecule has 0 fully saturated rings. The van der Waals surface area contributed by atoms with Crippen molar-refractivity contribution in [2.75, 3.05) is 5.32 Å². The van der Waals surface area contributed by atoms with E-state index >= 15 is 0 Å². The van der Waals surface area contributed by atoms with Gasteiger partial charge in [-0.25, -0.2) is 4.99 Å². The molecule has 1 heterocycles. The number of thiol groups is 1. The number of aryl methyl sites for hydroxylation is 1. The maximum Gasteiger partial charge on any atom is 0.163 e. The third kappa shape index (κ3) is 1.09. The minimum absolute atomic E-state index is 0.683. The number of benzene rings is 1. The number of nitrogens with one attached hydrogen (secondary N) is 1. The van der Waals surface area contributed by atoms with Gasteiger partial charge in [0.25, 0.3) is 0 Å². The van der Waals surface area contributed by atoms with Crippen LogP contribution in [-0.4, -0.2) is 5.17 Å². The van der Waals surface area contributed by atoms with Gasteiger partial charge in [-0.05, 0) is 24.5 Å². The average Bonchev–Trinajstić information content (AvgIpc) is 2.18. The van der Waals surface area contributed by atoms with E-state index in [-0.39, 0.29) is 0 Å². The molecule has 0 bridgehead atoms. The van der Waals surface area contributed by atoms with Crippen molar-refractivity contribution in [1.82, 2.24) is 0 Å². The Balaban J connectivity index is 2.29. The summed E-state index contributed by atoms with van der Waals surface area (Å²) >= 11 is 4.26. The highest BCUT2D eigenvalue weighted by molar-refractivity contribution is 7.97. The highest BCUT2D eigenvalue weighted by Gasteiger charge is 2.19. The van der Waals surface area contributed by atoms with Crippen molar-refractivity contribution >= 4 is 29.2 Å². The van der Waals surface area contributed by atoms with Crippen molar-refractivity contribution < 1.29 is 0 Å². The normalized spacial score (nSPS) is 17.8. The van der Waals surface area contributed by atoms with Crippen molar-refractivity contribution in [2.24, 2.45) is 4.99 Å². The van der Waals surface area contributed by atoms with E-state index in [0.717, 1.165) is 24.2 Å². The summed E-state index contributed by atoms with van der Waals surface area (Å²) in [5.74, 6) is 0. The van der Waals surface area contributed by atoms with Crippen molar-refractivity contribution in [3.63, 3.8) is 0 Å². The van der Waals surface area contributed by atoms with Crippen LogP contribution >= 0.6 is 12.6 Å². The van der Waals surface area contributed by atoms with Gasteiger partial charge in [0.15, 0.2) is 5.17 Å². The summed E-state index contributed by atoms with van der Waals surface area (Å²) < 4.78 is 0. The number of allylic oxidation sites excluding steroid dienone is 1. The number of rotatable bonds is 0. The topological polar surface area (TPSA) is 24.4 Å². The average molecular weight is 202 g/mol. The van der Waals surface area contributed by atoms with Gasteiger partial charge >= 0.3 is 0 Å². The number of nitrogens with zero attached hydrogens (tertiary/aromatic N) is 1. The molecule has 1 aliphatic heterocycles. The number of anilines is 1. The van der Waals surface area contributed by atoms with Crippen LogP contribution in [-0.2, 0) is 6.42 Å². The number of hydrogen-bond donors (Lipinski definition) is 2. The van der Waals surface area contributed by atoms with Gasteiger partial charge in [0.1, 0.15) is 0 Å². The Hall–Kier alpha value is -1.22. The van der Waals surface area contributed by atoms with Gasteiger partial charge in [-0.2, -0.15) is 0 Å². The fourth-order valence-electron chi connectivity index (χ4n) is 2.05. The fraction of sp³-hybridized carbons (Fsp3) is 0.182. The highest BCUT2D eigenvalue weighted by Crippen LogP contribution is 2.36. The number of hydrogen-bond acceptors (Lipinski definition) is 2. The summed E-state index contributed by atoms with van der Waals surface area (Å²) in [7, 11) is 0. The largest absolute Gasteiger partial charge is 0.334 e. The van der Waals surface area contributed by atoms with E-state index in [1.165, 1.54) is 11.1 Å². The first-order chi connectivity index (χ1) is 6.84. The molecule has 2 nitrogen and oxygen atoms in total. The van der Waals surface area contributed by atoms with Crippen molar-refractivity contribution in [1.29, 1.82) is 0 Å². The fourth-order valence-corrected chi connectivity index (χ4v) is 2.27. The number of aliphatic imine (C=N–C) groups is 1. The molecular weight excluding hydrogens is 192 g/mol. The van der Waals surface area contributed by atoms with Gasteiger partial charge in [-0.1, -0.05) is 18.2 Å². The van der Waals surface area contributed by atoms with Gasteiger partial charge < -0.3 is 5.32 Å². The molecule has 2 aliphatic rings. The first-order valence-corrected chi connectivity index (χ1v) is 5.16. The molecule has 0 saturated carbocycles. The first-order valence-electron chi connectivity index (χ1n) is 4.72. The summed E-state index contributed by atoms with van der Waals surface area (Å²) in [5, 5.41) is 3.86. The molecule has 0 aromatic heterocycles. The zero-order valence-corrected chi connectivity index (χ0v) is 8.51. The van der Waals surface area contributed by atoms with Crippen LogP contribution < -0.4 is 5.32 Å². The van der Waals surface area contributed by atoms with E-state index < -0.39 is 0 Å². The van der Waals surface area contributed by atoms with Crippen LogP contribution in [0, 0.1) is 0 Å². The molecule has 0 atom stereocenters. The molecule has 1 aliphatic carbocycles. The zero-order valence-electron chi connectivity index (χ0n) is 7.62. The van der Waals surface area contributed by atoms with Gasteiger partial charge in [-0.3, -0.25) is 0 Å². The van der Waals surface area contributed by atoms with Crippen LogP contribution in [0.25, 0.3) is 5.70 Å². The quantitative estimate of drug-likeness (QED) is 0.621. The predicted octanol–water partition coefficient (Wildman–Crippen LogP) is 2.69. The highest BCUT2D eigenvalue weighted by atomic mass is 32.1. The third-order valence-corrected chi connectivity index (χ3v) is 2.84. The molecule has 0 radical (unpaired) electrons. The predicted molar refractivity (Wildman–Crippen MR) is 62.8 cm³/mol. The van der Waals surface area contributed by atoms with E-state index in [1.54, 1.807) is 0 Å². The summed E-state index contributed by atoms with van der Waals surface area (Å²) in [6.45, 7) is 0. The SMILES string of the molecule is SC1=NC2=CCCc3cccc(c32)N1. The second-order valence-electron chi connectivity index (χ2n) is 3.53. The Bertz CT molecular complexity index is 460. The van der Waals surface area contributed by atoms with Crippen LogP contribution in [0.5, 0.6) is 0 Å². The summed E-state index contributed by atoms with van der Waals surface area (Å²) in [6.07, 6.45) is 4.38. The van der Waals surface area contributed by atoms with Crippen LogP contribution in [0.2, 0.25) is 0 Å². The van der Waals surface area contributed by atoms with E-state index in [9.17, 15) is 0 Å². The smallest absolute Gasteiger partial charge is 0.163 e. The minimum Gasteiger partial charge on any atom is -0.334 e. The third-order valence-electron chi connectivity index (χ3n) is 2.63. The van der Waals surface area contributed by atoms with Crippen LogP contribution in [0.3, 0.4) is 0 Å². The van der Waals surface area contributed by atoms with Gasteiger partial charge in [0, 0.05) is 11.3 Å². The van der Waals surface area contributed by atoms with Crippen LogP contribution in [0.4, 0.5) is 5.69 Å². The molecule has 3 heteroatoms. The summed E-state index contributed by atoms with van der Waals surface area (Å²) in [6, 6.07) is 6.33. The molecule has 3 rings (SSSR count). The first kappa shape index (κ1) is 8.12. The standard InChI is InChI=1S/C11H10N2S/c14-11-12-8-5-1-3-7-4-2-6-9(13-11)10(7)8/h1,3,5-6H,2,4H2,(H2,12,13,14). The van der Waals surface area contributed by atoms with E-state index in [0.29, 0.717) is 5.17 Å². The second-order valence-corrected chi connectivity index (χ2v) is 3.95. The number of amidine groups is 1. The molecule has 14 heavy (non-hydrogen) atoms. The van der Waals surface area contributed by atoms with Gasteiger partial charge in [-0.15, -0.1) is 12.6 Å². The van der Waals surface area contributed by atoms with Crippen molar-refractivity contribution in [3.8, 4) is 0 Å². The maximum atomic E-state index is 4.38. The lowest BCUT2D eigenvalue weighted by Gasteiger charge is -2.23. The molecule has 1 aromatic rings. The molecule has 0 spiro atoms. The second kappa shape index (κ2) is 2.89. The Morgan fingerprint density at radius 3 is 3.21 bits per heavy atom. The molecule has 1 N–H and O–H groups in total. The van der Waals surface area contributed by atoms with Crippen LogP contribution in [0.15, 0.2) is 29.3 Å². The molecule has 1 aromatic carbocycles. The lowest BCUT2D eigenvalue weighted by atomic mass is 9.93. The monoisotopic (exact) mass is 202 g/mol. The molecule has 0 saturated heterocycles. The maximum absolute atomic E-state index is 4.38. The van der Waals surface area contributed by atoms with Crippen molar-refractivity contribution in [3.05, 3.63) is 35.4 Å². The Morgan fingerprint density at radius 1 is 1.36 bits per heavy atom. The Morgan fingerprint density at radius 2 is 2.29 bits per heavy atom. The molecule has 0 unspecified atom stereocenters. The van der Waals surface area contributed by atoms with Gasteiger partial charge in [0.2, 0.25) is 0 Å². The lowest BCUT2D eigenvalue weighted by Crippen LogP contribution is -2.14. The molecular formula is C11H10N2S. The van der Waals surface area contributed by atoms with E-state index in [2.05, 4.69) is 47.2 Å². The minimum atomic E-state index is 0.683. The molecule has 0 amide bonds. The summed E-state index contributed by atoms with van der Waals surface area (Å²) in [5.41, 5.74) is 4.85. The Kier molecular flexibility index (Phi) is 1.67. The van der Waals surface area contributed by atoms with Crippen molar-refractivity contribution in [2.45, 2.75) is 12.8 Å². The zero-order chi connectivity index (χ0) is 9.54. The Labute approximate surface area is 88.2 Å². The summed E-state index contributed by atoms with van der Waals surface area (Å²) in [4.78, 5) is 4.38. The lowest BCUT2D eigenvalue weighted by molar-refractivity contribution is 0.972. The molecule has 70 valence electrons. The van der Waals surface area contributed by atoms with E-state index in [1.807, 2.05) is 0 Å². The van der Waals surface area contributed by atoms with Gasteiger partial charge in [0.05, 0.1) is 5.70 Å².